The molecular formula is C23H17BrO3. The fraction of sp³-hybridized carbons (Fsp3) is 0.0870. The van der Waals surface area contributed by atoms with Gasteiger partial charge in [0.05, 0.1) is 10.9 Å². The van der Waals surface area contributed by atoms with Gasteiger partial charge in [-0.15, -0.1) is 0 Å². The summed E-state index contributed by atoms with van der Waals surface area (Å²) in [5, 5.41) is 0.547. The molecule has 0 bridgehead atoms. The highest BCUT2D eigenvalue weighted by atomic mass is 79.9. The van der Waals surface area contributed by atoms with Gasteiger partial charge in [0, 0.05) is 10.5 Å². The molecule has 0 spiro atoms. The summed E-state index contributed by atoms with van der Waals surface area (Å²) < 4.78 is 12.8. The Balaban J connectivity index is 1.70. The standard InChI is InChI=1S/C23H17BrO3/c1-15-22(17-7-9-18(24)10-8-17)23(25)20-12-11-19(13-21(20)27-15)26-14-16-5-3-2-4-6-16/h2-13H,14H2,1H3. The Labute approximate surface area is 165 Å². The molecule has 0 saturated heterocycles. The summed E-state index contributed by atoms with van der Waals surface area (Å²) in [6.45, 7) is 2.28. The average molecular weight is 421 g/mol. The molecule has 27 heavy (non-hydrogen) atoms. The second-order valence-electron chi connectivity index (χ2n) is 6.30. The van der Waals surface area contributed by atoms with Gasteiger partial charge in [0.2, 0.25) is 5.43 Å². The van der Waals surface area contributed by atoms with Crippen LogP contribution >= 0.6 is 15.9 Å². The maximum Gasteiger partial charge on any atom is 0.200 e. The van der Waals surface area contributed by atoms with E-state index < -0.39 is 0 Å². The molecule has 1 heterocycles. The second kappa shape index (κ2) is 7.41. The Kier molecular flexibility index (Phi) is 4.82. The molecule has 0 unspecified atom stereocenters. The molecule has 0 fully saturated rings. The molecule has 0 aliphatic rings. The zero-order valence-corrected chi connectivity index (χ0v) is 16.3. The summed E-state index contributed by atoms with van der Waals surface area (Å²) in [6.07, 6.45) is 0. The molecule has 3 aromatic carbocycles. The van der Waals surface area contributed by atoms with Crippen LogP contribution in [-0.2, 0) is 6.61 Å². The van der Waals surface area contributed by atoms with Crippen LogP contribution in [0.2, 0.25) is 0 Å². The molecule has 0 atom stereocenters. The van der Waals surface area contributed by atoms with Gasteiger partial charge in [0.1, 0.15) is 23.7 Å². The van der Waals surface area contributed by atoms with Crippen LogP contribution in [0.3, 0.4) is 0 Å². The van der Waals surface area contributed by atoms with E-state index >= 15 is 0 Å². The first-order valence-electron chi connectivity index (χ1n) is 8.62. The minimum absolute atomic E-state index is 0.0364. The van der Waals surface area contributed by atoms with E-state index in [1.165, 1.54) is 0 Å². The molecule has 4 aromatic rings. The van der Waals surface area contributed by atoms with Crippen molar-refractivity contribution in [3.8, 4) is 16.9 Å². The van der Waals surface area contributed by atoms with Crippen LogP contribution < -0.4 is 10.2 Å². The van der Waals surface area contributed by atoms with Crippen LogP contribution in [0.25, 0.3) is 22.1 Å². The molecule has 0 aliphatic carbocycles. The Hall–Kier alpha value is -2.85. The highest BCUT2D eigenvalue weighted by Gasteiger charge is 2.14. The number of rotatable bonds is 4. The number of benzene rings is 3. The Morgan fingerprint density at radius 3 is 2.44 bits per heavy atom. The molecule has 0 radical (unpaired) electrons. The van der Waals surface area contributed by atoms with Crippen LogP contribution in [0.5, 0.6) is 5.75 Å². The number of hydrogen-bond donors (Lipinski definition) is 0. The van der Waals surface area contributed by atoms with E-state index in [1.54, 1.807) is 12.1 Å². The predicted molar refractivity (Wildman–Crippen MR) is 111 cm³/mol. The van der Waals surface area contributed by atoms with Crippen molar-refractivity contribution < 1.29 is 9.15 Å². The number of hydrogen-bond acceptors (Lipinski definition) is 3. The van der Waals surface area contributed by atoms with Gasteiger partial charge in [-0.1, -0.05) is 58.4 Å². The molecule has 4 heteroatoms. The third kappa shape index (κ3) is 3.67. The molecule has 134 valence electrons. The average Bonchev–Trinajstić information content (AvgIpc) is 2.68. The highest BCUT2D eigenvalue weighted by molar-refractivity contribution is 9.10. The number of fused-ring (bicyclic) bond motifs is 1. The summed E-state index contributed by atoms with van der Waals surface area (Å²) >= 11 is 3.42. The normalized spacial score (nSPS) is 10.9. The fourth-order valence-electron chi connectivity index (χ4n) is 3.07. The maximum absolute atomic E-state index is 13.0. The van der Waals surface area contributed by atoms with Gasteiger partial charge in [0.15, 0.2) is 0 Å². The summed E-state index contributed by atoms with van der Waals surface area (Å²) in [6, 6.07) is 22.9. The monoisotopic (exact) mass is 420 g/mol. The predicted octanol–water partition coefficient (Wildman–Crippen LogP) is 6.11. The van der Waals surface area contributed by atoms with E-state index in [9.17, 15) is 4.79 Å². The summed E-state index contributed by atoms with van der Waals surface area (Å²) in [5.41, 5.74) is 3.01. The van der Waals surface area contributed by atoms with Crippen molar-refractivity contribution in [2.45, 2.75) is 13.5 Å². The first-order chi connectivity index (χ1) is 13.1. The van der Waals surface area contributed by atoms with Crippen molar-refractivity contribution in [1.82, 2.24) is 0 Å². The molecule has 0 amide bonds. The first-order valence-corrected chi connectivity index (χ1v) is 9.41. The highest BCUT2D eigenvalue weighted by Crippen LogP contribution is 2.27. The largest absolute Gasteiger partial charge is 0.489 e. The SMILES string of the molecule is Cc1oc2cc(OCc3ccccc3)ccc2c(=O)c1-c1ccc(Br)cc1. The lowest BCUT2D eigenvalue weighted by molar-refractivity contribution is 0.306. The Morgan fingerprint density at radius 2 is 1.70 bits per heavy atom. The smallest absolute Gasteiger partial charge is 0.200 e. The minimum atomic E-state index is -0.0364. The summed E-state index contributed by atoms with van der Waals surface area (Å²) in [4.78, 5) is 13.0. The van der Waals surface area contributed by atoms with Gasteiger partial charge in [-0.25, -0.2) is 0 Å². The van der Waals surface area contributed by atoms with Crippen LogP contribution in [0.15, 0.2) is 86.5 Å². The van der Waals surface area contributed by atoms with Gasteiger partial charge in [-0.3, -0.25) is 4.79 Å². The maximum atomic E-state index is 13.0. The van der Waals surface area contributed by atoms with E-state index in [2.05, 4.69) is 15.9 Å². The number of ether oxygens (including phenoxy) is 1. The Bertz CT molecular complexity index is 1150. The topological polar surface area (TPSA) is 39.4 Å². The number of halogens is 1. The van der Waals surface area contributed by atoms with Gasteiger partial charge in [-0.05, 0) is 42.3 Å². The molecule has 1 aromatic heterocycles. The molecule has 0 saturated carbocycles. The van der Waals surface area contributed by atoms with Crippen molar-refractivity contribution in [3.63, 3.8) is 0 Å². The lowest BCUT2D eigenvalue weighted by Gasteiger charge is -2.10. The van der Waals surface area contributed by atoms with Crippen LogP contribution in [0.1, 0.15) is 11.3 Å². The van der Waals surface area contributed by atoms with Gasteiger partial charge >= 0.3 is 0 Å². The fourth-order valence-corrected chi connectivity index (χ4v) is 3.33. The van der Waals surface area contributed by atoms with E-state index in [4.69, 9.17) is 9.15 Å². The van der Waals surface area contributed by atoms with Crippen LogP contribution in [-0.4, -0.2) is 0 Å². The van der Waals surface area contributed by atoms with Crippen LogP contribution in [0, 0.1) is 6.92 Å². The van der Waals surface area contributed by atoms with E-state index in [-0.39, 0.29) is 5.43 Å². The van der Waals surface area contributed by atoms with Gasteiger partial charge in [0.25, 0.3) is 0 Å². The molecule has 4 rings (SSSR count). The lowest BCUT2D eigenvalue weighted by Crippen LogP contribution is -2.07. The lowest BCUT2D eigenvalue weighted by atomic mass is 10.0. The second-order valence-corrected chi connectivity index (χ2v) is 7.22. The Morgan fingerprint density at radius 1 is 0.963 bits per heavy atom. The van der Waals surface area contributed by atoms with Crippen molar-refractivity contribution in [2.24, 2.45) is 0 Å². The molecule has 0 N–H and O–H groups in total. The van der Waals surface area contributed by atoms with E-state index in [0.717, 1.165) is 15.6 Å². The van der Waals surface area contributed by atoms with Gasteiger partial charge < -0.3 is 9.15 Å². The van der Waals surface area contributed by atoms with Crippen molar-refractivity contribution in [3.05, 3.63) is 98.8 Å². The third-order valence-corrected chi connectivity index (χ3v) is 4.95. The quantitative estimate of drug-likeness (QED) is 0.399. The van der Waals surface area contributed by atoms with Crippen molar-refractivity contribution in [1.29, 1.82) is 0 Å². The third-order valence-electron chi connectivity index (χ3n) is 4.42. The van der Waals surface area contributed by atoms with Gasteiger partial charge in [-0.2, -0.15) is 0 Å². The number of aryl methyl sites for hydroxylation is 1. The van der Waals surface area contributed by atoms with Crippen LogP contribution in [0.4, 0.5) is 0 Å². The zero-order chi connectivity index (χ0) is 18.8. The first kappa shape index (κ1) is 17.6. The zero-order valence-electron chi connectivity index (χ0n) is 14.7. The molecular weight excluding hydrogens is 404 g/mol. The van der Waals surface area contributed by atoms with E-state index in [0.29, 0.717) is 34.6 Å². The minimum Gasteiger partial charge on any atom is -0.489 e. The van der Waals surface area contributed by atoms with E-state index in [1.807, 2.05) is 67.6 Å². The molecule has 0 aliphatic heterocycles. The van der Waals surface area contributed by atoms with Crippen molar-refractivity contribution in [2.75, 3.05) is 0 Å². The summed E-state index contributed by atoms with van der Waals surface area (Å²) in [7, 11) is 0. The molecule has 3 nitrogen and oxygen atoms in total. The summed E-state index contributed by atoms with van der Waals surface area (Å²) in [5.74, 6) is 1.26. The van der Waals surface area contributed by atoms with Crippen molar-refractivity contribution >= 4 is 26.9 Å².